The Bertz CT molecular complexity index is 442. The molecule has 2 atom stereocenters. The topological polar surface area (TPSA) is 50.8 Å². The molecule has 0 spiro atoms. The molecule has 8 heteroatoms. The minimum absolute atomic E-state index is 0.0288. The standard InChI is InChI=1S/C18H31F3N2O3/c1-2-3-5-15-6-4-11-26-17(14-15,18(19,20)21)16(24)22-7-8-23-9-12-25-13-10-23/h15H,2-14H2,1H3,(H,22,24)/t15-,17-/m0/s1. The first kappa shape index (κ1) is 21.4. The second-order valence-electron chi connectivity index (χ2n) is 7.24. The third-order valence-corrected chi connectivity index (χ3v) is 5.29. The molecule has 2 fully saturated rings. The summed E-state index contributed by atoms with van der Waals surface area (Å²) in [5, 5.41) is 2.49. The maximum atomic E-state index is 13.9. The van der Waals surface area contributed by atoms with Crippen LogP contribution in [0.5, 0.6) is 0 Å². The number of unbranched alkanes of at least 4 members (excludes halogenated alkanes) is 1. The van der Waals surface area contributed by atoms with E-state index in [2.05, 4.69) is 10.2 Å². The van der Waals surface area contributed by atoms with Crippen LogP contribution in [0.1, 0.15) is 45.4 Å². The van der Waals surface area contributed by atoms with E-state index in [-0.39, 0.29) is 25.5 Å². The van der Waals surface area contributed by atoms with Crippen molar-refractivity contribution in [3.05, 3.63) is 0 Å². The molecule has 2 rings (SSSR count). The van der Waals surface area contributed by atoms with Crippen LogP contribution in [0.25, 0.3) is 0 Å². The van der Waals surface area contributed by atoms with Crippen molar-refractivity contribution in [3.8, 4) is 0 Å². The first-order valence-electron chi connectivity index (χ1n) is 9.68. The normalized spacial score (nSPS) is 28.5. The van der Waals surface area contributed by atoms with Crippen molar-refractivity contribution in [2.75, 3.05) is 46.0 Å². The lowest BCUT2D eigenvalue weighted by Crippen LogP contribution is -2.60. The Morgan fingerprint density at radius 3 is 2.65 bits per heavy atom. The zero-order valence-corrected chi connectivity index (χ0v) is 15.6. The Hall–Kier alpha value is -0.860. The van der Waals surface area contributed by atoms with Gasteiger partial charge in [-0.05, 0) is 25.2 Å². The van der Waals surface area contributed by atoms with Crippen LogP contribution in [-0.2, 0) is 14.3 Å². The van der Waals surface area contributed by atoms with Gasteiger partial charge >= 0.3 is 6.18 Å². The maximum absolute atomic E-state index is 13.9. The number of alkyl halides is 3. The molecule has 0 radical (unpaired) electrons. The van der Waals surface area contributed by atoms with E-state index in [4.69, 9.17) is 9.47 Å². The summed E-state index contributed by atoms with van der Waals surface area (Å²) in [5.74, 6) is -1.18. The molecule has 0 saturated carbocycles. The predicted octanol–water partition coefficient (Wildman–Crippen LogP) is 2.74. The highest BCUT2D eigenvalue weighted by molar-refractivity contribution is 5.86. The Balaban J connectivity index is 2.00. The minimum atomic E-state index is -4.72. The Morgan fingerprint density at radius 2 is 2.00 bits per heavy atom. The SMILES string of the molecule is CCCC[C@H]1CCCO[C@@](C(=O)NCCN2CCOCC2)(C(F)(F)F)C1. The van der Waals surface area contributed by atoms with E-state index >= 15 is 0 Å². The number of rotatable bonds is 7. The first-order valence-corrected chi connectivity index (χ1v) is 9.68. The summed E-state index contributed by atoms with van der Waals surface area (Å²) in [4.78, 5) is 14.7. The van der Waals surface area contributed by atoms with Gasteiger partial charge in [-0.25, -0.2) is 0 Å². The average Bonchev–Trinajstić information content (AvgIpc) is 2.84. The van der Waals surface area contributed by atoms with Gasteiger partial charge in [0.2, 0.25) is 5.60 Å². The number of halogens is 3. The summed E-state index contributed by atoms with van der Waals surface area (Å²) >= 11 is 0. The molecule has 2 saturated heterocycles. The van der Waals surface area contributed by atoms with Gasteiger partial charge in [-0.3, -0.25) is 9.69 Å². The molecule has 2 heterocycles. The molecule has 0 aromatic heterocycles. The van der Waals surface area contributed by atoms with Gasteiger partial charge in [0.15, 0.2) is 0 Å². The van der Waals surface area contributed by atoms with Gasteiger partial charge in [0.25, 0.3) is 5.91 Å². The average molecular weight is 380 g/mol. The second-order valence-corrected chi connectivity index (χ2v) is 7.24. The van der Waals surface area contributed by atoms with Crippen LogP contribution in [0, 0.1) is 5.92 Å². The molecule has 0 aromatic rings. The molecule has 5 nitrogen and oxygen atoms in total. The van der Waals surface area contributed by atoms with Gasteiger partial charge in [0.1, 0.15) is 0 Å². The highest BCUT2D eigenvalue weighted by Gasteiger charge is 2.62. The summed E-state index contributed by atoms with van der Waals surface area (Å²) in [5.41, 5.74) is -2.72. The molecule has 0 unspecified atom stereocenters. The van der Waals surface area contributed by atoms with E-state index in [0.717, 1.165) is 25.9 Å². The summed E-state index contributed by atoms with van der Waals surface area (Å²) < 4.78 is 52.1. The molecular weight excluding hydrogens is 349 g/mol. The van der Waals surface area contributed by atoms with Gasteiger partial charge in [-0.2, -0.15) is 13.2 Å². The fourth-order valence-electron chi connectivity index (χ4n) is 3.70. The van der Waals surface area contributed by atoms with Crippen LogP contribution >= 0.6 is 0 Å². The van der Waals surface area contributed by atoms with E-state index in [9.17, 15) is 18.0 Å². The summed E-state index contributed by atoms with van der Waals surface area (Å²) in [6.07, 6.45) is -1.24. The predicted molar refractivity (Wildman–Crippen MR) is 91.9 cm³/mol. The molecule has 1 amide bonds. The van der Waals surface area contributed by atoms with E-state index in [1.807, 2.05) is 6.92 Å². The molecule has 0 aromatic carbocycles. The molecule has 0 aliphatic carbocycles. The van der Waals surface area contributed by atoms with E-state index in [1.165, 1.54) is 0 Å². The number of morpholine rings is 1. The van der Waals surface area contributed by atoms with Crippen LogP contribution in [-0.4, -0.2) is 68.6 Å². The molecular formula is C18H31F3N2O3. The van der Waals surface area contributed by atoms with Gasteiger partial charge < -0.3 is 14.8 Å². The monoisotopic (exact) mass is 380 g/mol. The minimum Gasteiger partial charge on any atom is -0.379 e. The Labute approximate surface area is 153 Å². The number of hydrogen-bond donors (Lipinski definition) is 1. The van der Waals surface area contributed by atoms with Gasteiger partial charge in [0, 0.05) is 32.8 Å². The van der Waals surface area contributed by atoms with Crippen molar-refractivity contribution in [2.45, 2.75) is 57.2 Å². The van der Waals surface area contributed by atoms with Crippen LogP contribution in [0.3, 0.4) is 0 Å². The fraction of sp³-hybridized carbons (Fsp3) is 0.944. The highest BCUT2D eigenvalue weighted by Crippen LogP contribution is 2.43. The molecule has 2 aliphatic heterocycles. The summed E-state index contributed by atoms with van der Waals surface area (Å²) in [6, 6.07) is 0. The number of carbonyl (C=O) groups excluding carboxylic acids is 1. The zero-order valence-electron chi connectivity index (χ0n) is 15.6. The van der Waals surface area contributed by atoms with Crippen molar-refractivity contribution in [3.63, 3.8) is 0 Å². The fourth-order valence-corrected chi connectivity index (χ4v) is 3.70. The number of amides is 1. The van der Waals surface area contributed by atoms with E-state index in [0.29, 0.717) is 39.0 Å². The molecule has 0 bridgehead atoms. The third-order valence-electron chi connectivity index (χ3n) is 5.29. The lowest BCUT2D eigenvalue weighted by molar-refractivity contribution is -0.269. The molecule has 152 valence electrons. The number of carbonyl (C=O) groups is 1. The van der Waals surface area contributed by atoms with Crippen molar-refractivity contribution >= 4 is 5.91 Å². The Kier molecular flexibility index (Phi) is 8.16. The van der Waals surface area contributed by atoms with Gasteiger partial charge in [-0.15, -0.1) is 0 Å². The second kappa shape index (κ2) is 9.90. The van der Waals surface area contributed by atoms with Crippen molar-refractivity contribution in [1.82, 2.24) is 10.2 Å². The lowest BCUT2D eigenvalue weighted by Gasteiger charge is -2.35. The maximum Gasteiger partial charge on any atom is 0.426 e. The van der Waals surface area contributed by atoms with Crippen LogP contribution in [0.15, 0.2) is 0 Å². The van der Waals surface area contributed by atoms with Gasteiger partial charge in [0.05, 0.1) is 13.2 Å². The van der Waals surface area contributed by atoms with Crippen LogP contribution in [0.4, 0.5) is 13.2 Å². The van der Waals surface area contributed by atoms with Crippen molar-refractivity contribution in [2.24, 2.45) is 5.92 Å². The number of nitrogens with zero attached hydrogens (tertiary/aromatic N) is 1. The molecule has 2 aliphatic rings. The van der Waals surface area contributed by atoms with Crippen molar-refractivity contribution < 1.29 is 27.4 Å². The smallest absolute Gasteiger partial charge is 0.379 e. The lowest BCUT2D eigenvalue weighted by atomic mass is 9.84. The van der Waals surface area contributed by atoms with E-state index in [1.54, 1.807) is 0 Å². The summed E-state index contributed by atoms with van der Waals surface area (Å²) in [6.45, 7) is 5.38. The summed E-state index contributed by atoms with van der Waals surface area (Å²) in [7, 11) is 0. The highest BCUT2D eigenvalue weighted by atomic mass is 19.4. The van der Waals surface area contributed by atoms with Gasteiger partial charge in [-0.1, -0.05) is 26.2 Å². The zero-order chi connectivity index (χ0) is 19.0. The third kappa shape index (κ3) is 5.57. The van der Waals surface area contributed by atoms with Crippen LogP contribution < -0.4 is 5.32 Å². The largest absolute Gasteiger partial charge is 0.426 e. The van der Waals surface area contributed by atoms with Crippen molar-refractivity contribution in [1.29, 1.82) is 0 Å². The number of ether oxygens (including phenoxy) is 2. The van der Waals surface area contributed by atoms with E-state index < -0.39 is 17.7 Å². The van der Waals surface area contributed by atoms with Crippen LogP contribution in [0.2, 0.25) is 0 Å². The molecule has 1 N–H and O–H groups in total. The first-order chi connectivity index (χ1) is 12.4. The quantitative estimate of drug-likeness (QED) is 0.738. The molecule has 26 heavy (non-hydrogen) atoms. The number of nitrogens with one attached hydrogen (secondary N) is 1. The Morgan fingerprint density at radius 1 is 1.27 bits per heavy atom. The number of hydrogen-bond acceptors (Lipinski definition) is 4.